The topological polar surface area (TPSA) is 603 Å². The van der Waals surface area contributed by atoms with Crippen LogP contribution in [0.25, 0.3) is 0 Å². The van der Waals surface area contributed by atoms with Crippen molar-refractivity contribution in [2.75, 3.05) is 39.3 Å². The molecule has 0 aromatic carbocycles. The highest BCUT2D eigenvalue weighted by Gasteiger charge is 2.42. The van der Waals surface area contributed by atoms with Gasteiger partial charge in [0.2, 0.25) is 65.0 Å². The molecule has 0 aliphatic carbocycles. The first-order valence-corrected chi connectivity index (χ1v) is 26.8. The summed E-state index contributed by atoms with van der Waals surface area (Å²) in [6.07, 6.45) is -2.29. The second kappa shape index (κ2) is 35.1. The van der Waals surface area contributed by atoms with E-state index in [1.807, 2.05) is 0 Å². The van der Waals surface area contributed by atoms with Crippen molar-refractivity contribution in [2.24, 2.45) is 50.3 Å². The Kier molecular flexibility index (Phi) is 29.8. The molecule has 24 N–H and O–H groups in total. The lowest BCUT2D eigenvalue weighted by atomic mass is 10.0. The maximum Gasteiger partial charge on any atom is 0.326 e. The summed E-state index contributed by atoms with van der Waals surface area (Å²) < 4.78 is 0. The van der Waals surface area contributed by atoms with Crippen molar-refractivity contribution in [3.63, 3.8) is 0 Å². The highest BCUT2D eigenvalue weighted by Crippen LogP contribution is 2.21. The van der Waals surface area contributed by atoms with E-state index in [-0.39, 0.29) is 95.4 Å². The third-order valence-corrected chi connectivity index (χ3v) is 12.9. The smallest absolute Gasteiger partial charge is 0.326 e. The van der Waals surface area contributed by atoms with Crippen molar-refractivity contribution in [1.29, 1.82) is 0 Å². The summed E-state index contributed by atoms with van der Waals surface area (Å²) in [5.74, 6) is -16.4. The molecule has 470 valence electrons. The average molecular weight is 1200 g/mol. The minimum absolute atomic E-state index is 0.0358. The van der Waals surface area contributed by atoms with Crippen LogP contribution >= 0.6 is 0 Å². The van der Waals surface area contributed by atoms with Crippen molar-refractivity contribution >= 4 is 94.8 Å². The normalized spacial score (nSPS) is 17.4. The first kappa shape index (κ1) is 71.1. The molecule has 84 heavy (non-hydrogen) atoms. The number of amides is 11. The van der Waals surface area contributed by atoms with Gasteiger partial charge in [0.05, 0.1) is 38.5 Å². The van der Waals surface area contributed by atoms with Crippen molar-refractivity contribution < 1.29 is 87.5 Å². The molecule has 0 aromatic heterocycles. The number of likely N-dealkylation sites (tertiary alicyclic amines) is 2. The van der Waals surface area contributed by atoms with Gasteiger partial charge >= 0.3 is 17.9 Å². The number of carboxylic acid groups (broad SMARTS) is 3. The predicted octanol–water partition coefficient (Wildman–Crippen LogP) is -9.12. The summed E-state index contributed by atoms with van der Waals surface area (Å²) in [4.78, 5) is 192. The van der Waals surface area contributed by atoms with Crippen LogP contribution in [0.2, 0.25) is 0 Å². The van der Waals surface area contributed by atoms with Crippen molar-refractivity contribution in [1.82, 2.24) is 52.3 Å². The van der Waals surface area contributed by atoms with Gasteiger partial charge in [-0.1, -0.05) is 13.8 Å². The molecule has 2 aliphatic heterocycles. The van der Waals surface area contributed by atoms with E-state index in [1.165, 1.54) is 6.92 Å². The van der Waals surface area contributed by atoms with E-state index in [0.717, 1.165) is 9.80 Å². The number of aliphatic hydroxyl groups excluding tert-OH is 1. The van der Waals surface area contributed by atoms with Gasteiger partial charge in [0.15, 0.2) is 11.9 Å². The van der Waals surface area contributed by atoms with Crippen molar-refractivity contribution in [3.8, 4) is 0 Å². The third kappa shape index (κ3) is 24.6. The average Bonchev–Trinajstić information content (AvgIpc) is 3.98. The van der Waals surface area contributed by atoms with Gasteiger partial charge in [0.1, 0.15) is 54.4 Å². The fourth-order valence-electron chi connectivity index (χ4n) is 8.81. The zero-order valence-electron chi connectivity index (χ0n) is 46.8. The number of aliphatic imine (C=N–C) groups is 2. The van der Waals surface area contributed by atoms with Gasteiger partial charge in [-0.05, 0) is 70.6 Å². The summed E-state index contributed by atoms with van der Waals surface area (Å²) in [5, 5.41) is 57.8. The van der Waals surface area contributed by atoms with E-state index in [9.17, 15) is 87.5 Å². The number of aliphatic hydroxyl groups is 1. The first-order chi connectivity index (χ1) is 39.4. The molecule has 11 amide bonds. The summed E-state index contributed by atoms with van der Waals surface area (Å²) in [5.41, 5.74) is 32.5. The predicted molar refractivity (Wildman–Crippen MR) is 292 cm³/mol. The van der Waals surface area contributed by atoms with Crippen LogP contribution in [-0.2, 0) is 67.1 Å². The number of nitrogens with two attached hydrogens (primary N) is 6. The van der Waals surface area contributed by atoms with E-state index in [0.29, 0.717) is 6.42 Å². The molecule has 2 fully saturated rings. The fourth-order valence-corrected chi connectivity index (χ4v) is 8.81. The Balaban J connectivity index is 2.25. The van der Waals surface area contributed by atoms with Gasteiger partial charge in [-0.3, -0.25) is 72.3 Å². The van der Waals surface area contributed by atoms with E-state index >= 15 is 0 Å². The lowest BCUT2D eigenvalue weighted by Gasteiger charge is -2.30. The number of guanidine groups is 2. The van der Waals surface area contributed by atoms with Gasteiger partial charge in [0.25, 0.3) is 0 Å². The van der Waals surface area contributed by atoms with Gasteiger partial charge < -0.3 is 107 Å². The summed E-state index contributed by atoms with van der Waals surface area (Å²) in [6.45, 7) is 2.60. The zero-order chi connectivity index (χ0) is 63.5. The highest BCUT2D eigenvalue weighted by atomic mass is 16.4. The van der Waals surface area contributed by atoms with Crippen LogP contribution in [0.3, 0.4) is 0 Å². The molecule has 0 radical (unpaired) electrons. The number of rotatable bonds is 36. The second-order valence-electron chi connectivity index (χ2n) is 20.3. The Hall–Kier alpha value is -8.96. The number of aliphatic carboxylic acids is 3. The standard InChI is InChI=1S/C48H80N18O18/c1-22(2)16-29(46(83)84)63-39(76)26(9-5-13-56-48(53)54)59-34(69)20-57-38(75)25(8-4-12-55-47(51)52)60-41(78)30(21-67)64-43(80)32-11-7-15-66(32)45(82)28(19-36(72)73)62-40(77)27(18-35(70)71)61-37(74)23(3)58-42(79)31-10-6-14-65(31)44(81)24(49)17-33(50)68/h22-32,67H,4-21,49H2,1-3H3,(H2,50,68)(H,57,75)(H,58,79)(H,59,69)(H,60,78)(H,61,74)(H,62,77)(H,63,76)(H,64,80)(H,70,71)(H,72,73)(H,83,84)(H4,51,52,55)(H4,53,54,56)/t23-,24-,25-,26-,27-,28-,29-,30-,31-,32-/m0/s1. The van der Waals surface area contributed by atoms with E-state index in [2.05, 4.69) is 52.5 Å². The van der Waals surface area contributed by atoms with Crippen LogP contribution in [-0.4, -0.2) is 225 Å². The van der Waals surface area contributed by atoms with Crippen LogP contribution in [0, 0.1) is 5.92 Å². The molecular weight excluding hydrogens is 1120 g/mol. The number of primary amides is 1. The fraction of sp³-hybridized carbons (Fsp3) is 0.667. The van der Waals surface area contributed by atoms with Gasteiger partial charge in [-0.15, -0.1) is 0 Å². The Morgan fingerprint density at radius 1 is 0.536 bits per heavy atom. The van der Waals surface area contributed by atoms with Gasteiger partial charge in [-0.2, -0.15) is 0 Å². The minimum atomic E-state index is -2.00. The maximum atomic E-state index is 14.1. The lowest BCUT2D eigenvalue weighted by molar-refractivity contribution is -0.147. The maximum absolute atomic E-state index is 14.1. The molecule has 0 aromatic rings. The molecule has 2 rings (SSSR count). The number of carbonyl (C=O) groups excluding carboxylic acids is 11. The largest absolute Gasteiger partial charge is 0.481 e. The number of nitrogens with zero attached hydrogens (tertiary/aromatic N) is 4. The third-order valence-electron chi connectivity index (χ3n) is 12.9. The highest BCUT2D eigenvalue weighted by molar-refractivity contribution is 6.00. The zero-order valence-corrected chi connectivity index (χ0v) is 46.8. The molecule has 0 saturated carbocycles. The SMILES string of the molecule is CC(C)C[C@H](NC(=O)[C@H](CCCN=C(N)N)NC(=O)CNC(=O)[C@H](CCCN=C(N)N)NC(=O)[C@H](CO)NC(=O)[C@@H]1CCCN1C(=O)[C@H](CC(=O)O)NC(=O)[C@H](CC(=O)O)NC(=O)[C@H](C)NC(=O)[C@@H]1CCCN1C(=O)[C@@H](N)CC(N)=O)C(=O)O. The van der Waals surface area contributed by atoms with Crippen LogP contribution in [0.4, 0.5) is 0 Å². The molecule has 2 saturated heterocycles. The van der Waals surface area contributed by atoms with Crippen molar-refractivity contribution in [3.05, 3.63) is 0 Å². The Morgan fingerprint density at radius 3 is 1.48 bits per heavy atom. The quantitative estimate of drug-likeness (QED) is 0.0157. The number of hydrogen-bond acceptors (Lipinski definition) is 18. The monoisotopic (exact) mass is 1200 g/mol. The molecular formula is C48H80N18O18. The summed E-state index contributed by atoms with van der Waals surface area (Å²) in [6, 6.07) is -15.4. The Labute approximate surface area is 481 Å². The first-order valence-electron chi connectivity index (χ1n) is 26.8. The van der Waals surface area contributed by atoms with E-state index in [4.69, 9.17) is 34.4 Å². The van der Waals surface area contributed by atoms with Crippen LogP contribution in [0.15, 0.2) is 9.98 Å². The van der Waals surface area contributed by atoms with E-state index in [1.54, 1.807) is 13.8 Å². The van der Waals surface area contributed by atoms with E-state index < -0.39 is 176 Å². The molecule has 10 atom stereocenters. The molecule has 2 heterocycles. The van der Waals surface area contributed by atoms with Gasteiger partial charge in [0, 0.05) is 26.2 Å². The van der Waals surface area contributed by atoms with Crippen LogP contribution in [0.1, 0.15) is 97.8 Å². The number of hydrogen-bond donors (Lipinski definition) is 18. The number of nitrogens with one attached hydrogen (secondary N) is 8. The molecule has 36 heteroatoms. The van der Waals surface area contributed by atoms with Gasteiger partial charge in [-0.25, -0.2) is 4.79 Å². The Morgan fingerprint density at radius 2 is 0.988 bits per heavy atom. The summed E-state index contributed by atoms with van der Waals surface area (Å²) in [7, 11) is 0. The van der Waals surface area contributed by atoms with Crippen molar-refractivity contribution in [2.45, 2.75) is 158 Å². The number of carbonyl (C=O) groups is 14. The van der Waals surface area contributed by atoms with Crippen LogP contribution in [0.5, 0.6) is 0 Å². The summed E-state index contributed by atoms with van der Waals surface area (Å²) >= 11 is 0. The molecule has 0 unspecified atom stereocenters. The lowest BCUT2D eigenvalue weighted by Crippen LogP contribution is -2.60. The molecule has 0 spiro atoms. The number of carboxylic acids is 3. The molecule has 0 bridgehead atoms. The molecule has 2 aliphatic rings. The minimum Gasteiger partial charge on any atom is -0.481 e. The Bertz CT molecular complexity index is 2470. The van der Waals surface area contributed by atoms with Crippen LogP contribution < -0.4 is 76.9 Å². The molecule has 36 nitrogen and oxygen atoms in total. The second-order valence-corrected chi connectivity index (χ2v) is 20.3.